The van der Waals surface area contributed by atoms with Gasteiger partial charge in [-0.15, -0.1) is 0 Å². The van der Waals surface area contributed by atoms with Crippen LogP contribution in [0.15, 0.2) is 36.4 Å². The molecule has 5 nitrogen and oxygen atoms in total. The van der Waals surface area contributed by atoms with Crippen molar-refractivity contribution in [3.8, 4) is 6.07 Å². The minimum absolute atomic E-state index is 0.0199. The lowest BCUT2D eigenvalue weighted by Crippen LogP contribution is -2.45. The second kappa shape index (κ2) is 12.5. The van der Waals surface area contributed by atoms with E-state index >= 15 is 8.78 Å². The lowest BCUT2D eigenvalue weighted by atomic mass is 9.62. The fourth-order valence-electron chi connectivity index (χ4n) is 5.40. The van der Waals surface area contributed by atoms with Crippen molar-refractivity contribution in [3.05, 3.63) is 69.2 Å². The maximum Gasteiger partial charge on any atom is 0.323 e. The molecule has 0 unspecified atom stereocenters. The average Bonchev–Trinajstić information content (AvgIpc) is 3.18. The van der Waals surface area contributed by atoms with E-state index in [1.54, 1.807) is 6.07 Å². The number of halogens is 4. The number of hydrogen-bond acceptors (Lipinski definition) is 5. The molecule has 1 saturated heterocycles. The first kappa shape index (κ1) is 32.5. The Labute approximate surface area is 247 Å². The van der Waals surface area contributed by atoms with Crippen molar-refractivity contribution < 1.29 is 22.7 Å². The van der Waals surface area contributed by atoms with Gasteiger partial charge in [0.2, 0.25) is 9.04 Å². The Morgan fingerprint density at radius 3 is 2.42 bits per heavy atom. The van der Waals surface area contributed by atoms with E-state index in [1.807, 2.05) is 13.8 Å². The lowest BCUT2D eigenvalue weighted by Gasteiger charge is -2.38. The molecular formula is C30H37Cl2F2N2O3Si. The van der Waals surface area contributed by atoms with Gasteiger partial charge >= 0.3 is 5.97 Å². The molecule has 0 amide bonds. The van der Waals surface area contributed by atoms with E-state index in [2.05, 4.69) is 38.7 Å². The first-order chi connectivity index (χ1) is 18.6. The van der Waals surface area contributed by atoms with Gasteiger partial charge in [0.25, 0.3) is 0 Å². The number of benzene rings is 2. The number of nitrogens with zero attached hydrogens (tertiary/aromatic N) is 1. The molecule has 4 atom stereocenters. The third-order valence-corrected chi connectivity index (χ3v) is 11.3. The highest BCUT2D eigenvalue weighted by Gasteiger charge is 2.61. The normalized spacial score (nSPS) is 23.3. The summed E-state index contributed by atoms with van der Waals surface area (Å²) in [5.74, 6) is -3.33. The molecule has 0 saturated carbocycles. The van der Waals surface area contributed by atoms with Crippen LogP contribution in [0.3, 0.4) is 0 Å². The number of methoxy groups -OCH3 is 1. The topological polar surface area (TPSA) is 71.3 Å². The Morgan fingerprint density at radius 1 is 1.18 bits per heavy atom. The van der Waals surface area contributed by atoms with Gasteiger partial charge in [0.05, 0.1) is 18.2 Å². The van der Waals surface area contributed by atoms with E-state index in [0.717, 1.165) is 6.07 Å². The number of rotatable bonds is 9. The number of nitrogens with one attached hydrogen (secondary N) is 1. The first-order valence-electron chi connectivity index (χ1n) is 13.2. The molecule has 0 aromatic heterocycles. The molecule has 1 heterocycles. The fraction of sp³-hybridized carbons (Fsp3) is 0.533. The third-order valence-electron chi connectivity index (χ3n) is 8.00. The van der Waals surface area contributed by atoms with Crippen LogP contribution in [0.25, 0.3) is 0 Å². The molecule has 1 aliphatic rings. The Kier molecular flexibility index (Phi) is 10.1. The molecule has 40 heavy (non-hydrogen) atoms. The molecule has 1 N–H and O–H groups in total. The van der Waals surface area contributed by atoms with Crippen LogP contribution < -0.4 is 5.32 Å². The van der Waals surface area contributed by atoms with Crippen molar-refractivity contribution >= 4 is 38.2 Å². The minimum Gasteiger partial charge on any atom is -0.468 e. The summed E-state index contributed by atoms with van der Waals surface area (Å²) in [5.41, 5.74) is -2.06. The maximum absolute atomic E-state index is 15.7. The van der Waals surface area contributed by atoms with Gasteiger partial charge in [-0.1, -0.05) is 76.0 Å². The van der Waals surface area contributed by atoms with Gasteiger partial charge < -0.3 is 9.16 Å². The van der Waals surface area contributed by atoms with E-state index in [0.29, 0.717) is 19.4 Å². The zero-order valence-corrected chi connectivity index (χ0v) is 26.5. The molecule has 2 aromatic carbocycles. The Bertz CT molecular complexity index is 1280. The summed E-state index contributed by atoms with van der Waals surface area (Å²) >= 11 is 12.2. The zero-order valence-electron chi connectivity index (χ0n) is 24.0. The number of esters is 1. The van der Waals surface area contributed by atoms with Crippen LogP contribution >= 0.6 is 23.2 Å². The van der Waals surface area contributed by atoms with Gasteiger partial charge in [0.15, 0.2) is 0 Å². The second-order valence-electron chi connectivity index (χ2n) is 12.2. The molecule has 2 aromatic rings. The first-order valence-corrected chi connectivity index (χ1v) is 15.9. The van der Waals surface area contributed by atoms with Gasteiger partial charge in [-0.05, 0) is 53.6 Å². The summed E-state index contributed by atoms with van der Waals surface area (Å²) in [4.78, 5) is 13.1. The fourth-order valence-corrected chi connectivity index (χ4v) is 6.58. The molecule has 0 bridgehead atoms. The number of carbonyl (C=O) groups excluding carboxylic acids is 1. The lowest BCUT2D eigenvalue weighted by molar-refractivity contribution is -0.143. The van der Waals surface area contributed by atoms with Crippen LogP contribution in [0.1, 0.15) is 64.5 Å². The summed E-state index contributed by atoms with van der Waals surface area (Å²) in [6, 6.07) is 8.89. The Morgan fingerprint density at radius 2 is 1.85 bits per heavy atom. The van der Waals surface area contributed by atoms with E-state index < -0.39 is 55.5 Å². The van der Waals surface area contributed by atoms with E-state index in [9.17, 15) is 10.1 Å². The second-order valence-corrected chi connectivity index (χ2v) is 16.0. The molecule has 0 aliphatic carbocycles. The quantitative estimate of drug-likeness (QED) is 0.234. The van der Waals surface area contributed by atoms with Gasteiger partial charge in [-0.2, -0.15) is 5.26 Å². The van der Waals surface area contributed by atoms with Crippen molar-refractivity contribution in [1.29, 1.82) is 5.26 Å². The molecule has 1 radical (unpaired) electrons. The Balaban J connectivity index is 2.15. The third kappa shape index (κ3) is 6.55. The van der Waals surface area contributed by atoms with Gasteiger partial charge in [0, 0.05) is 29.2 Å². The number of ether oxygens (including phenoxy) is 1. The summed E-state index contributed by atoms with van der Waals surface area (Å²) in [7, 11) is 0.168. The van der Waals surface area contributed by atoms with Gasteiger partial charge in [-0.3, -0.25) is 10.1 Å². The summed E-state index contributed by atoms with van der Waals surface area (Å²) in [5, 5.41) is 14.2. The number of hydrogen-bond donors (Lipinski definition) is 1. The van der Waals surface area contributed by atoms with Crippen LogP contribution in [0.2, 0.25) is 21.6 Å². The van der Waals surface area contributed by atoms with Crippen LogP contribution in [-0.2, 0) is 19.4 Å². The van der Waals surface area contributed by atoms with E-state index in [-0.39, 0.29) is 26.2 Å². The van der Waals surface area contributed by atoms with Crippen LogP contribution in [-0.4, -0.2) is 40.8 Å². The van der Waals surface area contributed by atoms with Crippen molar-refractivity contribution in [2.24, 2.45) is 5.41 Å². The Hall–Kier alpha value is -2.02. The van der Waals surface area contributed by atoms with Gasteiger partial charge in [0.1, 0.15) is 23.1 Å². The zero-order chi connectivity index (χ0) is 30.0. The average molecular weight is 611 g/mol. The van der Waals surface area contributed by atoms with Crippen LogP contribution in [0.5, 0.6) is 0 Å². The molecule has 1 aliphatic heterocycles. The monoisotopic (exact) mass is 609 g/mol. The number of nitriles is 1. The summed E-state index contributed by atoms with van der Waals surface area (Å²) in [6.45, 7) is 13.2. The van der Waals surface area contributed by atoms with Gasteiger partial charge in [-0.25, -0.2) is 8.78 Å². The summed E-state index contributed by atoms with van der Waals surface area (Å²) in [6.07, 6.45) is 1.02. The molecule has 3 rings (SSSR count). The SMILES string of the molecule is COC(=O)[C@@H]1N[C@@H](CC(C)(C)CCO[Si](C)C(C)(C)C)[C@](C#N)(c2ccc(Cl)cc2F)[C@H]1c1cccc(Cl)c1F. The maximum atomic E-state index is 15.7. The van der Waals surface area contributed by atoms with Crippen molar-refractivity contribution in [3.63, 3.8) is 0 Å². The molecular weight excluding hydrogens is 573 g/mol. The van der Waals surface area contributed by atoms with E-state index in [1.165, 1.54) is 31.4 Å². The van der Waals surface area contributed by atoms with Crippen molar-refractivity contribution in [1.82, 2.24) is 5.32 Å². The number of carbonyl (C=O) groups is 1. The smallest absolute Gasteiger partial charge is 0.323 e. The highest BCUT2D eigenvalue weighted by Crippen LogP contribution is 2.53. The van der Waals surface area contributed by atoms with Crippen LogP contribution in [0.4, 0.5) is 8.78 Å². The van der Waals surface area contributed by atoms with E-state index in [4.69, 9.17) is 32.4 Å². The largest absolute Gasteiger partial charge is 0.468 e. The predicted molar refractivity (Wildman–Crippen MR) is 156 cm³/mol. The molecule has 10 heteroatoms. The van der Waals surface area contributed by atoms with Crippen molar-refractivity contribution in [2.75, 3.05) is 13.7 Å². The molecule has 0 spiro atoms. The molecule has 1 fully saturated rings. The van der Waals surface area contributed by atoms with Crippen molar-refractivity contribution in [2.45, 2.75) is 82.5 Å². The predicted octanol–water partition coefficient (Wildman–Crippen LogP) is 7.57. The highest BCUT2D eigenvalue weighted by atomic mass is 35.5. The highest BCUT2D eigenvalue weighted by molar-refractivity contribution is 6.53. The summed E-state index contributed by atoms with van der Waals surface area (Å²) < 4.78 is 42.6. The molecule has 217 valence electrons. The minimum atomic E-state index is -1.71. The standard InChI is InChI=1S/C30H37Cl2F2N2O3Si/c1-28(2,3)40(7)39-14-13-29(4,5)16-23-30(17-35,20-12-11-18(31)15-22(20)33)24(26(36-23)27(37)38-6)19-9-8-10-21(32)25(19)34/h8-12,15,23-24,26,36H,13-14,16H2,1-7H3/t23-,24-,26+,30-/m0/s1. The van der Waals surface area contributed by atoms with Crippen LogP contribution in [0, 0.1) is 28.4 Å².